The molecule has 1 nitrogen and oxygen atoms in total. The average Bonchev–Trinajstić information content (AvgIpc) is 2.53. The van der Waals surface area contributed by atoms with E-state index in [0.717, 1.165) is 12.2 Å². The number of methoxy groups -OCH3 is 1. The summed E-state index contributed by atoms with van der Waals surface area (Å²) in [6, 6.07) is 21.7. The molecule has 0 saturated carbocycles. The summed E-state index contributed by atoms with van der Waals surface area (Å²) in [6.07, 6.45) is 1.12. The van der Waals surface area contributed by atoms with Gasteiger partial charge >= 0.3 is 0 Å². The highest BCUT2D eigenvalue weighted by molar-refractivity contribution is 5.88. The van der Waals surface area contributed by atoms with Gasteiger partial charge in [-0.15, -0.1) is 0 Å². The fraction of sp³-hybridized carbons (Fsp3) is 0.238. The third kappa shape index (κ3) is 3.14. The van der Waals surface area contributed by atoms with E-state index in [1.165, 1.54) is 27.5 Å². The molecule has 0 aliphatic heterocycles. The molecule has 0 aromatic heterocycles. The molecule has 0 atom stereocenters. The van der Waals surface area contributed by atoms with Crippen LogP contribution in [0.3, 0.4) is 0 Å². The molecule has 0 unspecified atom stereocenters. The molecular weight excluding hydrogens is 268 g/mol. The van der Waals surface area contributed by atoms with Crippen LogP contribution < -0.4 is 4.74 Å². The molecule has 3 aromatic rings. The van der Waals surface area contributed by atoms with Gasteiger partial charge in [-0.1, -0.05) is 56.3 Å². The number of hydrogen-bond donors (Lipinski definition) is 0. The largest absolute Gasteiger partial charge is 0.497 e. The van der Waals surface area contributed by atoms with Crippen LogP contribution in [0.1, 0.15) is 19.4 Å². The molecule has 0 aliphatic rings. The second kappa shape index (κ2) is 6.23. The Balaban J connectivity index is 1.99. The lowest BCUT2D eigenvalue weighted by Gasteiger charge is -2.09. The van der Waals surface area contributed by atoms with Crippen LogP contribution in [0.5, 0.6) is 5.75 Å². The summed E-state index contributed by atoms with van der Waals surface area (Å²) >= 11 is 0. The molecule has 22 heavy (non-hydrogen) atoms. The number of rotatable bonds is 4. The van der Waals surface area contributed by atoms with Gasteiger partial charge in [-0.05, 0) is 58.0 Å². The van der Waals surface area contributed by atoms with Crippen LogP contribution in [0.25, 0.3) is 21.9 Å². The van der Waals surface area contributed by atoms with Crippen molar-refractivity contribution in [3.8, 4) is 16.9 Å². The lowest BCUT2D eigenvalue weighted by Crippen LogP contribution is -1.94. The van der Waals surface area contributed by atoms with E-state index in [1.54, 1.807) is 7.11 Å². The number of benzene rings is 3. The van der Waals surface area contributed by atoms with Gasteiger partial charge in [0.15, 0.2) is 0 Å². The molecule has 3 rings (SSSR count). The molecular formula is C21H22O. The second-order valence-electron chi connectivity index (χ2n) is 6.23. The summed E-state index contributed by atoms with van der Waals surface area (Å²) in [5.41, 5.74) is 3.96. The fourth-order valence-corrected chi connectivity index (χ4v) is 2.88. The quantitative estimate of drug-likeness (QED) is 0.597. The predicted octanol–water partition coefficient (Wildman–Crippen LogP) is 5.71. The Morgan fingerprint density at radius 3 is 2.32 bits per heavy atom. The van der Waals surface area contributed by atoms with Crippen molar-refractivity contribution in [2.45, 2.75) is 20.3 Å². The maximum Gasteiger partial charge on any atom is 0.119 e. The normalized spacial score (nSPS) is 11.1. The summed E-state index contributed by atoms with van der Waals surface area (Å²) in [5, 5.41) is 2.45. The molecule has 112 valence electrons. The van der Waals surface area contributed by atoms with Gasteiger partial charge < -0.3 is 4.74 Å². The Kier molecular flexibility index (Phi) is 4.15. The van der Waals surface area contributed by atoms with Crippen molar-refractivity contribution < 1.29 is 4.74 Å². The monoisotopic (exact) mass is 290 g/mol. The minimum absolute atomic E-state index is 0.680. The third-order valence-electron chi connectivity index (χ3n) is 3.95. The van der Waals surface area contributed by atoms with Crippen LogP contribution >= 0.6 is 0 Å². The van der Waals surface area contributed by atoms with E-state index in [-0.39, 0.29) is 0 Å². The van der Waals surface area contributed by atoms with Crippen molar-refractivity contribution in [2.24, 2.45) is 5.92 Å². The van der Waals surface area contributed by atoms with Gasteiger partial charge in [0.05, 0.1) is 7.11 Å². The molecule has 0 amide bonds. The highest BCUT2D eigenvalue weighted by atomic mass is 16.5. The SMILES string of the molecule is COc1ccc2cc(-c3cccc(CC(C)C)c3)ccc2c1. The van der Waals surface area contributed by atoms with Gasteiger partial charge in [-0.3, -0.25) is 0 Å². The number of ether oxygens (including phenoxy) is 1. The third-order valence-corrected chi connectivity index (χ3v) is 3.95. The highest BCUT2D eigenvalue weighted by Crippen LogP contribution is 2.27. The van der Waals surface area contributed by atoms with Crippen LogP contribution in [-0.2, 0) is 6.42 Å². The van der Waals surface area contributed by atoms with Crippen molar-refractivity contribution in [2.75, 3.05) is 7.11 Å². The first kappa shape index (κ1) is 14.6. The first-order valence-electron chi connectivity index (χ1n) is 7.83. The molecule has 0 aliphatic carbocycles. The summed E-state index contributed by atoms with van der Waals surface area (Å²) in [5.74, 6) is 1.58. The molecule has 0 saturated heterocycles. The molecule has 0 N–H and O–H groups in total. The van der Waals surface area contributed by atoms with Crippen molar-refractivity contribution in [1.82, 2.24) is 0 Å². The van der Waals surface area contributed by atoms with Crippen molar-refractivity contribution in [1.29, 1.82) is 0 Å². The minimum Gasteiger partial charge on any atom is -0.497 e. The predicted molar refractivity (Wildman–Crippen MR) is 94.5 cm³/mol. The fourth-order valence-electron chi connectivity index (χ4n) is 2.88. The first-order valence-corrected chi connectivity index (χ1v) is 7.83. The van der Waals surface area contributed by atoms with Crippen LogP contribution in [0.4, 0.5) is 0 Å². The Hall–Kier alpha value is -2.28. The summed E-state index contributed by atoms with van der Waals surface area (Å²) in [4.78, 5) is 0. The number of hydrogen-bond acceptors (Lipinski definition) is 1. The molecule has 0 radical (unpaired) electrons. The Bertz CT molecular complexity index is 787. The van der Waals surface area contributed by atoms with Crippen LogP contribution in [0.15, 0.2) is 60.7 Å². The topological polar surface area (TPSA) is 9.23 Å². The van der Waals surface area contributed by atoms with E-state index in [4.69, 9.17) is 4.74 Å². The van der Waals surface area contributed by atoms with Gasteiger partial charge in [0.2, 0.25) is 0 Å². The molecule has 0 heterocycles. The van der Waals surface area contributed by atoms with Crippen molar-refractivity contribution in [3.05, 3.63) is 66.2 Å². The zero-order chi connectivity index (χ0) is 15.5. The van der Waals surface area contributed by atoms with Gasteiger partial charge in [0, 0.05) is 0 Å². The van der Waals surface area contributed by atoms with E-state index < -0.39 is 0 Å². The molecule has 1 heteroatoms. The summed E-state index contributed by atoms with van der Waals surface area (Å²) in [6.45, 7) is 4.52. The van der Waals surface area contributed by atoms with E-state index in [0.29, 0.717) is 5.92 Å². The highest BCUT2D eigenvalue weighted by Gasteiger charge is 2.03. The zero-order valence-corrected chi connectivity index (χ0v) is 13.5. The summed E-state index contributed by atoms with van der Waals surface area (Å²) < 4.78 is 5.29. The van der Waals surface area contributed by atoms with Gasteiger partial charge in [-0.25, -0.2) is 0 Å². The average molecular weight is 290 g/mol. The lowest BCUT2D eigenvalue weighted by atomic mass is 9.96. The second-order valence-corrected chi connectivity index (χ2v) is 6.23. The number of fused-ring (bicyclic) bond motifs is 1. The molecule has 0 fully saturated rings. The van der Waals surface area contributed by atoms with Crippen LogP contribution in [-0.4, -0.2) is 7.11 Å². The lowest BCUT2D eigenvalue weighted by molar-refractivity contribution is 0.415. The molecule has 0 spiro atoms. The smallest absolute Gasteiger partial charge is 0.119 e. The standard InChI is InChI=1S/C21H22O/c1-15(2)11-16-5-4-6-17(12-16)18-7-8-20-14-21(22-3)10-9-19(20)13-18/h4-10,12-15H,11H2,1-3H3. The van der Waals surface area contributed by atoms with E-state index in [2.05, 4.69) is 68.4 Å². The van der Waals surface area contributed by atoms with Gasteiger partial charge in [-0.2, -0.15) is 0 Å². The van der Waals surface area contributed by atoms with Crippen molar-refractivity contribution in [3.63, 3.8) is 0 Å². The van der Waals surface area contributed by atoms with E-state index >= 15 is 0 Å². The Morgan fingerprint density at radius 1 is 0.818 bits per heavy atom. The van der Waals surface area contributed by atoms with Crippen molar-refractivity contribution >= 4 is 10.8 Å². The van der Waals surface area contributed by atoms with E-state index in [1.807, 2.05) is 6.07 Å². The van der Waals surface area contributed by atoms with Gasteiger partial charge in [0.1, 0.15) is 5.75 Å². The zero-order valence-electron chi connectivity index (χ0n) is 13.5. The first-order chi connectivity index (χ1) is 10.7. The van der Waals surface area contributed by atoms with E-state index in [9.17, 15) is 0 Å². The minimum atomic E-state index is 0.680. The molecule has 3 aromatic carbocycles. The maximum absolute atomic E-state index is 5.29. The Labute approximate surface area is 132 Å². The molecule has 0 bridgehead atoms. The van der Waals surface area contributed by atoms with Crippen LogP contribution in [0, 0.1) is 5.92 Å². The van der Waals surface area contributed by atoms with Gasteiger partial charge in [0.25, 0.3) is 0 Å². The van der Waals surface area contributed by atoms with Crippen LogP contribution in [0.2, 0.25) is 0 Å². The summed E-state index contributed by atoms with van der Waals surface area (Å²) in [7, 11) is 1.70. The Morgan fingerprint density at radius 2 is 1.55 bits per heavy atom. The maximum atomic E-state index is 5.29.